The summed E-state index contributed by atoms with van der Waals surface area (Å²) in [5, 5.41) is 8.38. The summed E-state index contributed by atoms with van der Waals surface area (Å²) in [5.74, 6) is -0.0618. The molecule has 6 heteroatoms. The molecular formula is C19H22ClN3O2. The molecule has 1 aliphatic heterocycles. The highest BCUT2D eigenvalue weighted by atomic mass is 35.5. The zero-order valence-corrected chi connectivity index (χ0v) is 15.1. The molecule has 1 aliphatic carbocycles. The highest BCUT2D eigenvalue weighted by Gasteiger charge is 2.46. The van der Waals surface area contributed by atoms with Gasteiger partial charge in [0.15, 0.2) is 0 Å². The van der Waals surface area contributed by atoms with Crippen molar-refractivity contribution in [3.63, 3.8) is 0 Å². The third-order valence-electron chi connectivity index (χ3n) is 5.31. The molecule has 0 radical (unpaired) electrons. The third-order valence-corrected chi connectivity index (χ3v) is 5.54. The second kappa shape index (κ2) is 6.46. The van der Waals surface area contributed by atoms with Crippen molar-refractivity contribution >= 4 is 17.5 Å². The van der Waals surface area contributed by atoms with Gasteiger partial charge in [-0.1, -0.05) is 23.7 Å². The number of amides is 1. The molecule has 0 unspecified atom stereocenters. The van der Waals surface area contributed by atoms with Crippen molar-refractivity contribution < 1.29 is 9.53 Å². The summed E-state index contributed by atoms with van der Waals surface area (Å²) in [7, 11) is 0. The molecule has 2 fully saturated rings. The third kappa shape index (κ3) is 3.18. The molecule has 4 rings (SSSR count). The van der Waals surface area contributed by atoms with Crippen molar-refractivity contribution in [1.29, 1.82) is 0 Å². The largest absolute Gasteiger partial charge is 0.381 e. The number of nitrogens with one attached hydrogen (secondary N) is 1. The fourth-order valence-corrected chi connectivity index (χ4v) is 3.82. The number of nitrogens with zero attached hydrogens (tertiary/aromatic N) is 2. The van der Waals surface area contributed by atoms with Crippen LogP contribution < -0.4 is 5.32 Å². The van der Waals surface area contributed by atoms with Gasteiger partial charge in [0.25, 0.3) is 5.91 Å². The molecule has 2 heterocycles. The van der Waals surface area contributed by atoms with Crippen LogP contribution in [0.4, 0.5) is 0 Å². The molecule has 0 atom stereocenters. The normalized spacial score (nSPS) is 19.6. The van der Waals surface area contributed by atoms with Gasteiger partial charge in [0.1, 0.15) is 0 Å². The Morgan fingerprint density at radius 3 is 2.80 bits per heavy atom. The molecule has 1 aromatic carbocycles. The first-order chi connectivity index (χ1) is 12.1. The van der Waals surface area contributed by atoms with Crippen molar-refractivity contribution in [1.82, 2.24) is 15.1 Å². The van der Waals surface area contributed by atoms with Crippen LogP contribution in [0.1, 0.15) is 53.3 Å². The van der Waals surface area contributed by atoms with Crippen molar-refractivity contribution in [2.75, 3.05) is 13.2 Å². The average Bonchev–Trinajstić information content (AvgIpc) is 3.30. The number of ether oxygens (including phenoxy) is 1. The Bertz CT molecular complexity index is 792. The van der Waals surface area contributed by atoms with E-state index in [1.54, 1.807) is 6.20 Å². The van der Waals surface area contributed by atoms with Crippen molar-refractivity contribution in [3.8, 4) is 0 Å². The minimum Gasteiger partial charge on any atom is -0.381 e. The number of rotatable bonds is 4. The summed E-state index contributed by atoms with van der Waals surface area (Å²) >= 11 is 6.11. The summed E-state index contributed by atoms with van der Waals surface area (Å²) in [6.07, 6.45) is 5.44. The van der Waals surface area contributed by atoms with E-state index in [2.05, 4.69) is 10.4 Å². The molecule has 1 saturated heterocycles. The van der Waals surface area contributed by atoms with E-state index in [4.69, 9.17) is 16.3 Å². The lowest BCUT2D eigenvalue weighted by Crippen LogP contribution is -2.35. The predicted molar refractivity (Wildman–Crippen MR) is 95.9 cm³/mol. The lowest BCUT2D eigenvalue weighted by molar-refractivity contribution is 0.0656. The van der Waals surface area contributed by atoms with Crippen LogP contribution in [0.3, 0.4) is 0 Å². The Labute approximate surface area is 152 Å². The maximum atomic E-state index is 12.9. The van der Waals surface area contributed by atoms with Gasteiger partial charge in [0.05, 0.1) is 23.3 Å². The minimum absolute atomic E-state index is 0.0618. The van der Waals surface area contributed by atoms with Crippen LogP contribution in [-0.2, 0) is 10.3 Å². The van der Waals surface area contributed by atoms with Gasteiger partial charge in [-0.25, -0.2) is 0 Å². The SMILES string of the molecule is Cc1c(C(=O)NC2(c3cccc(Cl)c3)CC2)cnn1C1CCOCC1. The second-order valence-corrected chi connectivity index (χ2v) is 7.41. The number of benzene rings is 1. The first kappa shape index (κ1) is 16.6. The molecule has 2 aliphatic rings. The van der Waals surface area contributed by atoms with Crippen molar-refractivity contribution in [2.45, 2.75) is 44.2 Å². The van der Waals surface area contributed by atoms with Crippen LogP contribution >= 0.6 is 11.6 Å². The van der Waals surface area contributed by atoms with E-state index in [1.165, 1.54) is 0 Å². The lowest BCUT2D eigenvalue weighted by atomic mass is 10.0. The average molecular weight is 360 g/mol. The van der Waals surface area contributed by atoms with Gasteiger partial charge >= 0.3 is 0 Å². The van der Waals surface area contributed by atoms with Crippen LogP contribution in [0.15, 0.2) is 30.5 Å². The topological polar surface area (TPSA) is 56.2 Å². The van der Waals surface area contributed by atoms with Gasteiger partial charge in [0, 0.05) is 23.9 Å². The molecule has 2 aromatic rings. The molecule has 1 saturated carbocycles. The molecule has 25 heavy (non-hydrogen) atoms. The minimum atomic E-state index is -0.283. The van der Waals surface area contributed by atoms with Crippen LogP contribution in [0.2, 0.25) is 5.02 Å². The highest BCUT2D eigenvalue weighted by Crippen LogP contribution is 2.46. The summed E-state index contributed by atoms with van der Waals surface area (Å²) in [6, 6.07) is 8.06. The van der Waals surface area contributed by atoms with E-state index >= 15 is 0 Å². The van der Waals surface area contributed by atoms with Gasteiger partial charge in [-0.3, -0.25) is 9.48 Å². The lowest BCUT2D eigenvalue weighted by Gasteiger charge is -2.24. The van der Waals surface area contributed by atoms with Crippen LogP contribution in [0.5, 0.6) is 0 Å². The quantitative estimate of drug-likeness (QED) is 0.907. The van der Waals surface area contributed by atoms with E-state index in [0.29, 0.717) is 16.6 Å². The van der Waals surface area contributed by atoms with Crippen LogP contribution in [-0.4, -0.2) is 28.9 Å². The van der Waals surface area contributed by atoms with Gasteiger partial charge in [-0.2, -0.15) is 5.10 Å². The Morgan fingerprint density at radius 1 is 1.36 bits per heavy atom. The molecule has 1 amide bonds. The monoisotopic (exact) mass is 359 g/mol. The maximum absolute atomic E-state index is 12.9. The number of carbonyl (C=O) groups is 1. The zero-order valence-electron chi connectivity index (χ0n) is 14.3. The number of aromatic nitrogens is 2. The number of carbonyl (C=O) groups excluding carboxylic acids is 1. The number of hydrogen-bond donors (Lipinski definition) is 1. The fraction of sp³-hybridized carbons (Fsp3) is 0.474. The predicted octanol–water partition coefficient (Wildman–Crippen LogP) is 3.62. The standard InChI is InChI=1S/C19H22ClN3O2/c1-13-17(12-21-23(13)16-5-9-25-10-6-16)18(24)22-19(7-8-19)14-3-2-4-15(20)11-14/h2-4,11-12,16H,5-10H2,1H3,(H,22,24). The number of hydrogen-bond acceptors (Lipinski definition) is 3. The summed E-state index contributed by atoms with van der Waals surface area (Å²) in [4.78, 5) is 12.9. The molecule has 0 spiro atoms. The first-order valence-corrected chi connectivity index (χ1v) is 9.17. The molecular weight excluding hydrogens is 338 g/mol. The van der Waals surface area contributed by atoms with Gasteiger partial charge in [-0.05, 0) is 50.3 Å². The summed E-state index contributed by atoms with van der Waals surface area (Å²) in [5.41, 5.74) is 2.36. The van der Waals surface area contributed by atoms with E-state index in [9.17, 15) is 4.79 Å². The molecule has 132 valence electrons. The zero-order chi connectivity index (χ0) is 17.4. The van der Waals surface area contributed by atoms with Crippen LogP contribution in [0.25, 0.3) is 0 Å². The molecule has 1 aromatic heterocycles. The Hall–Kier alpha value is -1.85. The van der Waals surface area contributed by atoms with Gasteiger partial charge < -0.3 is 10.1 Å². The van der Waals surface area contributed by atoms with Gasteiger partial charge in [0.2, 0.25) is 0 Å². The smallest absolute Gasteiger partial charge is 0.255 e. The van der Waals surface area contributed by atoms with Gasteiger partial charge in [-0.15, -0.1) is 0 Å². The Balaban J connectivity index is 1.53. The molecule has 5 nitrogen and oxygen atoms in total. The van der Waals surface area contributed by atoms with Crippen molar-refractivity contribution in [2.24, 2.45) is 0 Å². The van der Waals surface area contributed by atoms with Crippen molar-refractivity contribution in [3.05, 3.63) is 52.3 Å². The Morgan fingerprint density at radius 2 is 2.12 bits per heavy atom. The van der Waals surface area contributed by atoms with Crippen LogP contribution in [0, 0.1) is 6.92 Å². The first-order valence-electron chi connectivity index (χ1n) is 8.79. The van der Waals surface area contributed by atoms with E-state index < -0.39 is 0 Å². The Kier molecular flexibility index (Phi) is 4.29. The molecule has 0 bridgehead atoms. The molecule has 1 N–H and O–H groups in total. The summed E-state index contributed by atoms with van der Waals surface area (Å²) < 4.78 is 7.40. The van der Waals surface area contributed by atoms with E-state index in [0.717, 1.165) is 50.2 Å². The maximum Gasteiger partial charge on any atom is 0.255 e. The highest BCUT2D eigenvalue weighted by molar-refractivity contribution is 6.30. The van der Waals surface area contributed by atoms with E-state index in [-0.39, 0.29) is 11.4 Å². The van der Waals surface area contributed by atoms with E-state index in [1.807, 2.05) is 35.9 Å². The summed E-state index contributed by atoms with van der Waals surface area (Å²) in [6.45, 7) is 3.48. The second-order valence-electron chi connectivity index (χ2n) is 6.98. The number of halogens is 1. The fourth-order valence-electron chi connectivity index (χ4n) is 3.63.